The fraction of sp³-hybridized carbons (Fsp3) is 0.552. The number of aromatic nitrogens is 5. The smallest absolute Gasteiger partial charge is 0.410 e. The number of carbonyl (C=O) groups excluding carboxylic acids is 1. The third kappa shape index (κ3) is 4.86. The molecule has 0 bridgehead atoms. The molecule has 6 rings (SSSR count). The second-order valence-electron chi connectivity index (χ2n) is 12.0. The van der Waals surface area contributed by atoms with Gasteiger partial charge in [0.05, 0.1) is 35.4 Å². The Morgan fingerprint density at radius 3 is 2.45 bits per heavy atom. The Morgan fingerprint density at radius 1 is 1.05 bits per heavy atom. The summed E-state index contributed by atoms with van der Waals surface area (Å²) in [4.78, 5) is 35.8. The van der Waals surface area contributed by atoms with E-state index in [1.165, 1.54) is 24.4 Å². The largest absolute Gasteiger partial charge is 0.444 e. The molecule has 0 atom stereocenters. The second-order valence-corrected chi connectivity index (χ2v) is 12.0. The van der Waals surface area contributed by atoms with E-state index in [0.717, 1.165) is 53.7 Å². The fourth-order valence-corrected chi connectivity index (χ4v) is 5.41. The Kier molecular flexibility index (Phi) is 6.12. The highest BCUT2D eigenvalue weighted by Crippen LogP contribution is 2.45. The minimum absolute atomic E-state index is 0.243. The van der Waals surface area contributed by atoms with Gasteiger partial charge in [-0.2, -0.15) is 0 Å². The van der Waals surface area contributed by atoms with Crippen molar-refractivity contribution in [2.24, 2.45) is 0 Å². The first-order chi connectivity index (χ1) is 18.2. The number of pyridine rings is 1. The monoisotopic (exact) mass is 515 g/mol. The van der Waals surface area contributed by atoms with Crippen LogP contribution in [0.15, 0.2) is 24.5 Å². The molecule has 3 aromatic heterocycles. The molecule has 4 heterocycles. The normalized spacial score (nSPS) is 17.1. The predicted octanol–water partition coefficient (Wildman–Crippen LogP) is 4.75. The Balaban J connectivity index is 1.13. The molecule has 1 amide bonds. The number of ether oxygens (including phenoxy) is 1. The van der Waals surface area contributed by atoms with Crippen LogP contribution in [0.1, 0.15) is 88.0 Å². The molecular weight excluding hydrogens is 478 g/mol. The zero-order valence-electron chi connectivity index (χ0n) is 23.1. The summed E-state index contributed by atoms with van der Waals surface area (Å²) in [7, 11) is 0. The quantitative estimate of drug-likeness (QED) is 0.379. The van der Waals surface area contributed by atoms with Gasteiger partial charge in [-0.15, -0.1) is 0 Å². The van der Waals surface area contributed by atoms with Crippen molar-refractivity contribution in [3.05, 3.63) is 53.1 Å². The van der Waals surface area contributed by atoms with E-state index in [0.29, 0.717) is 31.5 Å². The fourth-order valence-electron chi connectivity index (χ4n) is 5.41. The average Bonchev–Trinajstić information content (AvgIpc) is 3.56. The van der Waals surface area contributed by atoms with Crippen LogP contribution in [-0.2, 0) is 17.6 Å². The highest BCUT2D eigenvalue weighted by Gasteiger charge is 2.36. The van der Waals surface area contributed by atoms with Crippen LogP contribution in [-0.4, -0.2) is 67.3 Å². The Bertz CT molecular complexity index is 1340. The van der Waals surface area contributed by atoms with E-state index >= 15 is 0 Å². The van der Waals surface area contributed by atoms with Crippen molar-refractivity contribution in [3.63, 3.8) is 0 Å². The van der Waals surface area contributed by atoms with Crippen molar-refractivity contribution in [2.45, 2.75) is 77.9 Å². The van der Waals surface area contributed by atoms with Crippen molar-refractivity contribution in [3.8, 4) is 11.4 Å². The molecule has 1 saturated heterocycles. The molecule has 2 aliphatic carbocycles. The lowest BCUT2D eigenvalue weighted by atomic mass is 10.2. The van der Waals surface area contributed by atoms with Gasteiger partial charge in [-0.25, -0.2) is 19.7 Å². The summed E-state index contributed by atoms with van der Waals surface area (Å²) in [5.74, 6) is 2.63. The molecule has 2 fully saturated rings. The van der Waals surface area contributed by atoms with Crippen LogP contribution in [0.2, 0.25) is 0 Å². The number of imidazole rings is 1. The lowest BCUT2D eigenvalue weighted by Crippen LogP contribution is -2.50. The van der Waals surface area contributed by atoms with Gasteiger partial charge in [-0.3, -0.25) is 4.98 Å². The van der Waals surface area contributed by atoms with E-state index in [2.05, 4.69) is 40.4 Å². The van der Waals surface area contributed by atoms with E-state index < -0.39 is 5.60 Å². The first-order valence-electron chi connectivity index (χ1n) is 13.8. The van der Waals surface area contributed by atoms with Crippen molar-refractivity contribution in [1.82, 2.24) is 29.4 Å². The van der Waals surface area contributed by atoms with Crippen LogP contribution < -0.4 is 4.90 Å². The van der Waals surface area contributed by atoms with Crippen LogP contribution in [0, 0.1) is 0 Å². The number of piperazine rings is 1. The molecule has 0 radical (unpaired) electrons. The second kappa shape index (κ2) is 9.36. The van der Waals surface area contributed by atoms with Crippen LogP contribution in [0.3, 0.4) is 0 Å². The highest BCUT2D eigenvalue weighted by atomic mass is 16.6. The minimum atomic E-state index is -0.478. The molecule has 1 aliphatic heterocycles. The maximum Gasteiger partial charge on any atom is 0.410 e. The number of fused-ring (bicyclic) bond motifs is 3. The maximum atomic E-state index is 12.4. The zero-order chi connectivity index (χ0) is 26.6. The molecule has 0 aromatic carbocycles. The van der Waals surface area contributed by atoms with E-state index in [9.17, 15) is 4.79 Å². The lowest BCUT2D eigenvalue weighted by Gasteiger charge is -2.36. The van der Waals surface area contributed by atoms with Crippen LogP contribution in [0.25, 0.3) is 11.4 Å². The van der Waals surface area contributed by atoms with Crippen LogP contribution in [0.5, 0.6) is 0 Å². The van der Waals surface area contributed by atoms with Gasteiger partial charge in [0.15, 0.2) is 0 Å². The van der Waals surface area contributed by atoms with Gasteiger partial charge in [0, 0.05) is 62.0 Å². The molecule has 3 aliphatic rings. The summed E-state index contributed by atoms with van der Waals surface area (Å²) < 4.78 is 7.92. The molecule has 3 aromatic rings. The van der Waals surface area contributed by atoms with Crippen LogP contribution in [0.4, 0.5) is 10.5 Å². The SMILES string of the molecule is CC(C)n1c(C2CC2)nc2c1-c1nc(Cc3ccc(N4CCN(C(=O)OC(C)(C)C)CC4)cn3)ncc1C2. The average molecular weight is 516 g/mol. The van der Waals surface area contributed by atoms with Gasteiger partial charge in [0.2, 0.25) is 0 Å². The lowest BCUT2D eigenvalue weighted by molar-refractivity contribution is 0.0240. The molecule has 38 heavy (non-hydrogen) atoms. The number of anilines is 1. The van der Waals surface area contributed by atoms with Crippen LogP contribution >= 0.6 is 0 Å². The number of hydrogen-bond donors (Lipinski definition) is 0. The summed E-state index contributed by atoms with van der Waals surface area (Å²) in [5, 5.41) is 0. The molecule has 9 heteroatoms. The number of carbonyl (C=O) groups is 1. The van der Waals surface area contributed by atoms with Gasteiger partial charge in [-0.05, 0) is 59.6 Å². The van der Waals surface area contributed by atoms with E-state index in [1.54, 1.807) is 4.90 Å². The standard InChI is InChI=1S/C29H37N7O2/c1-18(2)36-26-23(32-27(36)19-6-7-19)14-20-16-31-24(33-25(20)26)15-21-8-9-22(17-30-21)34-10-12-35(13-11-34)28(37)38-29(3,4)5/h8-9,16-19H,6-7,10-15H2,1-5H3. The van der Waals surface area contributed by atoms with Gasteiger partial charge in [0.1, 0.15) is 17.2 Å². The predicted molar refractivity (Wildman–Crippen MR) is 145 cm³/mol. The molecule has 9 nitrogen and oxygen atoms in total. The highest BCUT2D eigenvalue weighted by molar-refractivity contribution is 5.70. The maximum absolute atomic E-state index is 12.4. The van der Waals surface area contributed by atoms with E-state index in [-0.39, 0.29) is 6.09 Å². The Labute approximate surface area is 224 Å². The Hall–Kier alpha value is -3.49. The number of rotatable bonds is 5. The molecule has 0 unspecified atom stereocenters. The van der Waals surface area contributed by atoms with Gasteiger partial charge in [0.25, 0.3) is 0 Å². The summed E-state index contributed by atoms with van der Waals surface area (Å²) in [6, 6.07) is 4.51. The summed E-state index contributed by atoms with van der Waals surface area (Å²) in [6.07, 6.45) is 7.53. The first kappa shape index (κ1) is 24.8. The van der Waals surface area contributed by atoms with Gasteiger partial charge >= 0.3 is 6.09 Å². The van der Waals surface area contributed by atoms with Gasteiger partial charge < -0.3 is 19.1 Å². The third-order valence-corrected chi connectivity index (χ3v) is 7.41. The zero-order valence-corrected chi connectivity index (χ0v) is 23.1. The topological polar surface area (TPSA) is 89.3 Å². The summed E-state index contributed by atoms with van der Waals surface area (Å²) in [6.45, 7) is 12.9. The third-order valence-electron chi connectivity index (χ3n) is 7.41. The van der Waals surface area contributed by atoms with Gasteiger partial charge in [-0.1, -0.05) is 0 Å². The van der Waals surface area contributed by atoms with Crippen molar-refractivity contribution < 1.29 is 9.53 Å². The number of hydrogen-bond acceptors (Lipinski definition) is 7. The molecular formula is C29H37N7O2. The van der Waals surface area contributed by atoms with Crippen molar-refractivity contribution >= 4 is 11.8 Å². The number of amides is 1. The number of nitrogens with zero attached hydrogens (tertiary/aromatic N) is 7. The van der Waals surface area contributed by atoms with E-state index in [1.807, 2.05) is 33.2 Å². The van der Waals surface area contributed by atoms with Crippen molar-refractivity contribution in [1.29, 1.82) is 0 Å². The molecule has 1 saturated carbocycles. The summed E-state index contributed by atoms with van der Waals surface area (Å²) in [5.41, 5.74) is 6.06. The Morgan fingerprint density at radius 2 is 1.82 bits per heavy atom. The summed E-state index contributed by atoms with van der Waals surface area (Å²) >= 11 is 0. The molecule has 200 valence electrons. The first-order valence-corrected chi connectivity index (χ1v) is 13.8. The molecule has 0 spiro atoms. The molecule has 0 N–H and O–H groups in total. The minimum Gasteiger partial charge on any atom is -0.444 e. The van der Waals surface area contributed by atoms with E-state index in [4.69, 9.17) is 19.7 Å². The van der Waals surface area contributed by atoms with Crippen molar-refractivity contribution in [2.75, 3.05) is 31.1 Å².